The topological polar surface area (TPSA) is 158 Å². The van der Waals surface area contributed by atoms with Gasteiger partial charge in [-0.05, 0) is 11.6 Å². The molecular formula is C14H18N4O8. The molecule has 142 valence electrons. The van der Waals surface area contributed by atoms with Gasteiger partial charge in [-0.1, -0.05) is 5.11 Å². The van der Waals surface area contributed by atoms with Gasteiger partial charge >= 0.3 is 12.1 Å². The Balaban J connectivity index is 2.41. The molecule has 0 aromatic carbocycles. The van der Waals surface area contributed by atoms with Crippen LogP contribution >= 0.6 is 0 Å². The minimum Gasteiger partial charge on any atom is -0.478 e. The molecule has 1 fully saturated rings. The fourth-order valence-electron chi connectivity index (χ4n) is 2.77. The molecule has 0 spiro atoms. The number of ether oxygens (including phenoxy) is 5. The van der Waals surface area contributed by atoms with Crippen LogP contribution in [0.5, 0.6) is 0 Å². The van der Waals surface area contributed by atoms with E-state index < -0.39 is 48.4 Å². The Labute approximate surface area is 148 Å². The lowest BCUT2D eigenvalue weighted by Gasteiger charge is -2.39. The molecule has 5 atom stereocenters. The molecule has 2 heterocycles. The van der Waals surface area contributed by atoms with Crippen LogP contribution in [0.4, 0.5) is 4.79 Å². The molecule has 26 heavy (non-hydrogen) atoms. The molecule has 1 N–H and O–H groups in total. The van der Waals surface area contributed by atoms with E-state index in [0.29, 0.717) is 0 Å². The zero-order chi connectivity index (χ0) is 19.3. The lowest BCUT2D eigenvalue weighted by Crippen LogP contribution is -2.59. The van der Waals surface area contributed by atoms with E-state index in [0.717, 1.165) is 7.11 Å². The van der Waals surface area contributed by atoms with Gasteiger partial charge in [0.2, 0.25) is 11.7 Å². The molecule has 2 rings (SSSR count). The summed E-state index contributed by atoms with van der Waals surface area (Å²) in [5.74, 6) is -1.45. The summed E-state index contributed by atoms with van der Waals surface area (Å²) in [7, 11) is 2.49. The van der Waals surface area contributed by atoms with E-state index in [2.05, 4.69) is 20.1 Å². The van der Waals surface area contributed by atoms with Crippen molar-refractivity contribution in [2.45, 2.75) is 37.3 Å². The van der Waals surface area contributed by atoms with Crippen molar-refractivity contribution < 1.29 is 38.1 Å². The SMILES string of the molecule is COC(=O)C1=C[C@H](N=[N+]=[N-])[C@@H](NC(C)=O)[C@H]([C@H](OC)[C@@H]2COC(=O)O2)O1. The average molecular weight is 370 g/mol. The van der Waals surface area contributed by atoms with Gasteiger partial charge < -0.3 is 29.0 Å². The molecular weight excluding hydrogens is 352 g/mol. The van der Waals surface area contributed by atoms with Gasteiger partial charge in [-0.3, -0.25) is 4.79 Å². The predicted octanol–water partition coefficient (Wildman–Crippen LogP) is 0.176. The average Bonchev–Trinajstić information content (AvgIpc) is 3.03. The molecule has 0 bridgehead atoms. The quantitative estimate of drug-likeness (QED) is 0.300. The van der Waals surface area contributed by atoms with Crippen molar-refractivity contribution in [1.82, 2.24) is 5.32 Å². The van der Waals surface area contributed by atoms with Crippen molar-refractivity contribution in [1.29, 1.82) is 0 Å². The van der Waals surface area contributed by atoms with Gasteiger partial charge in [0.15, 0.2) is 6.10 Å². The fraction of sp³-hybridized carbons (Fsp3) is 0.643. The van der Waals surface area contributed by atoms with E-state index in [1.54, 1.807) is 0 Å². The van der Waals surface area contributed by atoms with E-state index in [9.17, 15) is 14.4 Å². The van der Waals surface area contributed by atoms with E-state index in [-0.39, 0.29) is 12.4 Å². The molecule has 0 saturated carbocycles. The predicted molar refractivity (Wildman–Crippen MR) is 82.5 cm³/mol. The summed E-state index contributed by atoms with van der Waals surface area (Å²) in [5.41, 5.74) is 8.82. The van der Waals surface area contributed by atoms with Crippen molar-refractivity contribution in [3.8, 4) is 0 Å². The third-order valence-corrected chi connectivity index (χ3v) is 3.82. The van der Waals surface area contributed by atoms with Gasteiger partial charge in [0.1, 0.15) is 18.8 Å². The lowest BCUT2D eigenvalue weighted by atomic mass is 9.92. The zero-order valence-corrected chi connectivity index (χ0v) is 14.3. The largest absolute Gasteiger partial charge is 0.508 e. The number of nitrogens with one attached hydrogen (secondary N) is 1. The Kier molecular flexibility index (Phi) is 6.26. The minimum absolute atomic E-state index is 0.104. The van der Waals surface area contributed by atoms with Crippen LogP contribution in [0.2, 0.25) is 0 Å². The number of esters is 1. The number of carbonyl (C=O) groups is 3. The van der Waals surface area contributed by atoms with Gasteiger partial charge in [0, 0.05) is 18.9 Å². The maximum absolute atomic E-state index is 11.9. The molecule has 0 aromatic rings. The Hall–Kier alpha value is -2.98. The molecule has 2 aliphatic heterocycles. The number of rotatable bonds is 6. The highest BCUT2D eigenvalue weighted by Crippen LogP contribution is 2.28. The van der Waals surface area contributed by atoms with E-state index in [1.165, 1.54) is 20.1 Å². The summed E-state index contributed by atoms with van der Waals surface area (Å²) in [5, 5.41) is 6.21. The third kappa shape index (κ3) is 4.16. The molecule has 0 unspecified atom stereocenters. The molecule has 1 amide bonds. The first-order chi connectivity index (χ1) is 12.4. The maximum Gasteiger partial charge on any atom is 0.508 e. The number of azide groups is 1. The highest BCUT2D eigenvalue weighted by atomic mass is 16.8. The second-order valence-electron chi connectivity index (χ2n) is 5.44. The van der Waals surface area contributed by atoms with Crippen LogP contribution in [-0.2, 0) is 33.3 Å². The van der Waals surface area contributed by atoms with Crippen molar-refractivity contribution in [2.24, 2.45) is 5.11 Å². The van der Waals surface area contributed by atoms with Gasteiger partial charge in [0.05, 0.1) is 19.2 Å². The van der Waals surface area contributed by atoms with Crippen LogP contribution in [0.1, 0.15) is 6.92 Å². The van der Waals surface area contributed by atoms with Crippen molar-refractivity contribution in [2.75, 3.05) is 20.8 Å². The number of hydrogen-bond acceptors (Lipinski definition) is 9. The molecule has 2 aliphatic rings. The Bertz CT molecular complexity index is 659. The third-order valence-electron chi connectivity index (χ3n) is 3.82. The summed E-state index contributed by atoms with van der Waals surface area (Å²) >= 11 is 0. The lowest BCUT2D eigenvalue weighted by molar-refractivity contribution is -0.148. The number of carbonyl (C=O) groups excluding carboxylic acids is 3. The second kappa shape index (κ2) is 8.41. The van der Waals surface area contributed by atoms with Crippen molar-refractivity contribution in [3.63, 3.8) is 0 Å². The first kappa shape index (κ1) is 19.3. The van der Waals surface area contributed by atoms with Crippen LogP contribution < -0.4 is 5.32 Å². The number of nitrogens with zero attached hydrogens (tertiary/aromatic N) is 3. The number of amides is 1. The summed E-state index contributed by atoms with van der Waals surface area (Å²) in [6.45, 7) is 1.16. The maximum atomic E-state index is 11.9. The fourth-order valence-corrected chi connectivity index (χ4v) is 2.77. The number of methoxy groups -OCH3 is 2. The standard InChI is InChI=1S/C14H18N4O8/c1-6(19)16-10-7(17-18-15)4-8(13(20)23-3)25-12(10)11(22-2)9-5-24-14(21)26-9/h4,7,9-12H,5H2,1-3H3,(H,16,19)/t7-,9-,10+,11+,12+/m0/s1. The van der Waals surface area contributed by atoms with Crippen LogP contribution in [0.15, 0.2) is 16.9 Å². The molecule has 1 saturated heterocycles. The summed E-state index contributed by atoms with van der Waals surface area (Å²) in [4.78, 5) is 37.5. The Morgan fingerprint density at radius 1 is 1.42 bits per heavy atom. The van der Waals surface area contributed by atoms with Crippen molar-refractivity contribution >= 4 is 18.0 Å². The van der Waals surface area contributed by atoms with Crippen LogP contribution in [-0.4, -0.2) is 69.3 Å². The van der Waals surface area contributed by atoms with Gasteiger partial charge in [-0.2, -0.15) is 0 Å². The van der Waals surface area contributed by atoms with Crippen LogP contribution in [0.3, 0.4) is 0 Å². The second-order valence-corrected chi connectivity index (χ2v) is 5.44. The van der Waals surface area contributed by atoms with Crippen molar-refractivity contribution in [3.05, 3.63) is 22.3 Å². The normalized spacial score (nSPS) is 28.4. The van der Waals surface area contributed by atoms with Gasteiger partial charge in [0.25, 0.3) is 0 Å². The van der Waals surface area contributed by atoms with E-state index in [4.69, 9.17) is 24.5 Å². The summed E-state index contributed by atoms with van der Waals surface area (Å²) < 4.78 is 25.4. The highest BCUT2D eigenvalue weighted by molar-refractivity contribution is 5.86. The molecule has 12 heteroatoms. The molecule has 0 aliphatic carbocycles. The molecule has 0 aromatic heterocycles. The monoisotopic (exact) mass is 370 g/mol. The van der Waals surface area contributed by atoms with E-state index in [1.807, 2.05) is 0 Å². The summed E-state index contributed by atoms with van der Waals surface area (Å²) in [6, 6.07) is -1.85. The zero-order valence-electron chi connectivity index (χ0n) is 14.3. The van der Waals surface area contributed by atoms with E-state index >= 15 is 0 Å². The van der Waals surface area contributed by atoms with Crippen LogP contribution in [0, 0.1) is 0 Å². The molecule has 12 nitrogen and oxygen atoms in total. The first-order valence-corrected chi connectivity index (χ1v) is 7.55. The Morgan fingerprint density at radius 3 is 2.65 bits per heavy atom. The smallest absolute Gasteiger partial charge is 0.478 e. The minimum atomic E-state index is -1.03. The number of cyclic esters (lactones) is 2. The van der Waals surface area contributed by atoms with Gasteiger partial charge in [-0.15, -0.1) is 0 Å². The summed E-state index contributed by atoms with van der Waals surface area (Å²) in [6.07, 6.45) is -2.44. The van der Waals surface area contributed by atoms with Gasteiger partial charge in [-0.25, -0.2) is 9.59 Å². The highest BCUT2D eigenvalue weighted by Gasteiger charge is 2.47. The molecule has 0 radical (unpaired) electrons. The first-order valence-electron chi connectivity index (χ1n) is 7.55. The van der Waals surface area contributed by atoms with Crippen LogP contribution in [0.25, 0.3) is 10.4 Å². The number of hydrogen-bond donors (Lipinski definition) is 1. The Morgan fingerprint density at radius 2 is 2.15 bits per heavy atom.